The summed E-state index contributed by atoms with van der Waals surface area (Å²) >= 11 is 2.88. The van der Waals surface area contributed by atoms with Crippen LogP contribution in [0.4, 0.5) is 5.69 Å². The molecule has 3 aromatic rings. The molecular weight excluding hydrogens is 368 g/mol. The van der Waals surface area contributed by atoms with Gasteiger partial charge in [-0.2, -0.15) is 0 Å². The van der Waals surface area contributed by atoms with E-state index in [2.05, 4.69) is 4.98 Å². The number of carbonyl (C=O) groups is 2. The van der Waals surface area contributed by atoms with Gasteiger partial charge in [-0.1, -0.05) is 30.0 Å². The summed E-state index contributed by atoms with van der Waals surface area (Å²) in [5.74, 6) is 0.460. The zero-order valence-corrected chi connectivity index (χ0v) is 15.7. The third-order valence-electron chi connectivity index (χ3n) is 4.01. The molecule has 2 aromatic carbocycles. The molecule has 4 rings (SSSR count). The average Bonchev–Trinajstić information content (AvgIpc) is 3.16. The fourth-order valence-electron chi connectivity index (χ4n) is 2.86. The van der Waals surface area contributed by atoms with Gasteiger partial charge in [0.25, 0.3) is 0 Å². The van der Waals surface area contributed by atoms with E-state index in [-0.39, 0.29) is 18.2 Å². The summed E-state index contributed by atoms with van der Waals surface area (Å²) in [7, 11) is 0. The van der Waals surface area contributed by atoms with Gasteiger partial charge in [0.15, 0.2) is 4.34 Å². The van der Waals surface area contributed by atoms with E-state index in [1.54, 1.807) is 12.1 Å². The molecule has 1 aliphatic rings. The number of hydrogen-bond donors (Lipinski definition) is 0. The van der Waals surface area contributed by atoms with Gasteiger partial charge in [0.2, 0.25) is 11.8 Å². The molecule has 132 valence electrons. The molecule has 5 nitrogen and oxygen atoms in total. The van der Waals surface area contributed by atoms with E-state index in [1.807, 2.05) is 43.3 Å². The Morgan fingerprint density at radius 3 is 2.81 bits per heavy atom. The number of benzene rings is 2. The van der Waals surface area contributed by atoms with Crippen molar-refractivity contribution in [3.8, 4) is 5.75 Å². The van der Waals surface area contributed by atoms with Crippen molar-refractivity contribution in [1.82, 2.24) is 4.98 Å². The lowest BCUT2D eigenvalue weighted by molar-refractivity contribution is -0.121. The van der Waals surface area contributed by atoms with Crippen molar-refractivity contribution in [2.75, 3.05) is 11.5 Å². The maximum atomic E-state index is 12.7. The van der Waals surface area contributed by atoms with Crippen molar-refractivity contribution in [2.45, 2.75) is 22.9 Å². The molecule has 1 aliphatic heterocycles. The number of aromatic nitrogens is 1. The standard InChI is InChI=1S/C19H16N2O3S2/c1-2-24-13-8-9-14-15(10-13)25-19(20-14)26-16-11-17(22)21(18(16)23)12-6-4-3-5-7-12/h3-10,16H,2,11H2,1H3/t16-/m1/s1. The molecule has 1 saturated heterocycles. The Kier molecular flexibility index (Phi) is 4.65. The second-order valence-electron chi connectivity index (χ2n) is 5.76. The van der Waals surface area contributed by atoms with Crippen LogP contribution in [0.5, 0.6) is 5.75 Å². The van der Waals surface area contributed by atoms with Crippen LogP contribution in [0, 0.1) is 0 Å². The first-order valence-electron chi connectivity index (χ1n) is 8.27. The van der Waals surface area contributed by atoms with E-state index in [1.165, 1.54) is 28.0 Å². The number of imide groups is 1. The monoisotopic (exact) mass is 384 g/mol. The number of hydrogen-bond acceptors (Lipinski definition) is 6. The number of carbonyl (C=O) groups excluding carboxylic acids is 2. The number of ether oxygens (including phenoxy) is 1. The van der Waals surface area contributed by atoms with Crippen LogP contribution in [-0.4, -0.2) is 28.7 Å². The van der Waals surface area contributed by atoms with Crippen LogP contribution < -0.4 is 9.64 Å². The van der Waals surface area contributed by atoms with Crippen molar-refractivity contribution in [1.29, 1.82) is 0 Å². The van der Waals surface area contributed by atoms with Crippen LogP contribution in [0.1, 0.15) is 13.3 Å². The van der Waals surface area contributed by atoms with Gasteiger partial charge in [0, 0.05) is 6.42 Å². The molecule has 2 amide bonds. The summed E-state index contributed by atoms with van der Waals surface area (Å²) in [5.41, 5.74) is 1.49. The molecule has 2 heterocycles. The SMILES string of the molecule is CCOc1ccc2nc(S[C@@H]3CC(=O)N(c4ccccc4)C3=O)sc2c1. The van der Waals surface area contributed by atoms with Gasteiger partial charge >= 0.3 is 0 Å². The lowest BCUT2D eigenvalue weighted by atomic mass is 10.3. The van der Waals surface area contributed by atoms with Gasteiger partial charge in [0.1, 0.15) is 11.0 Å². The Labute approximate surface area is 159 Å². The summed E-state index contributed by atoms with van der Waals surface area (Å²) in [6.07, 6.45) is 0.193. The average molecular weight is 384 g/mol. The fraction of sp³-hybridized carbons (Fsp3) is 0.211. The van der Waals surface area contributed by atoms with Crippen LogP contribution in [0.15, 0.2) is 52.9 Å². The number of thioether (sulfide) groups is 1. The maximum Gasteiger partial charge on any atom is 0.247 e. The minimum atomic E-state index is -0.436. The Bertz CT molecular complexity index is 971. The van der Waals surface area contributed by atoms with Crippen LogP contribution in [0.2, 0.25) is 0 Å². The second kappa shape index (κ2) is 7.09. The highest BCUT2D eigenvalue weighted by Crippen LogP contribution is 2.38. The van der Waals surface area contributed by atoms with Gasteiger partial charge in [0.05, 0.1) is 22.5 Å². The maximum absolute atomic E-state index is 12.7. The topological polar surface area (TPSA) is 59.5 Å². The molecule has 0 aliphatic carbocycles. The van der Waals surface area contributed by atoms with Crippen molar-refractivity contribution >= 4 is 50.8 Å². The summed E-state index contributed by atoms with van der Waals surface area (Å²) in [4.78, 5) is 30.9. The van der Waals surface area contributed by atoms with Gasteiger partial charge in [-0.3, -0.25) is 9.59 Å². The molecule has 0 radical (unpaired) electrons. The molecule has 0 bridgehead atoms. The number of fused-ring (bicyclic) bond motifs is 1. The number of thiazole rings is 1. The van der Waals surface area contributed by atoms with E-state index in [4.69, 9.17) is 4.74 Å². The number of para-hydroxylation sites is 1. The molecule has 0 unspecified atom stereocenters. The second-order valence-corrected chi connectivity index (χ2v) is 8.24. The molecule has 0 saturated carbocycles. The van der Waals surface area contributed by atoms with E-state index < -0.39 is 5.25 Å². The first-order valence-corrected chi connectivity index (χ1v) is 9.97. The summed E-state index contributed by atoms with van der Waals surface area (Å²) in [6, 6.07) is 14.8. The van der Waals surface area contributed by atoms with Crippen LogP contribution in [0.25, 0.3) is 10.2 Å². The number of nitrogens with zero attached hydrogens (tertiary/aromatic N) is 2. The smallest absolute Gasteiger partial charge is 0.247 e. The van der Waals surface area contributed by atoms with E-state index in [9.17, 15) is 9.59 Å². The van der Waals surface area contributed by atoms with Crippen molar-refractivity contribution < 1.29 is 14.3 Å². The fourth-order valence-corrected chi connectivity index (χ4v) is 5.22. The highest BCUT2D eigenvalue weighted by Gasteiger charge is 2.40. The highest BCUT2D eigenvalue weighted by atomic mass is 32.2. The zero-order valence-electron chi connectivity index (χ0n) is 14.0. The number of rotatable bonds is 5. The molecule has 1 atom stereocenters. The third-order valence-corrected chi connectivity index (χ3v) is 6.31. The number of anilines is 1. The summed E-state index contributed by atoms with van der Waals surface area (Å²) in [6.45, 7) is 2.55. The van der Waals surface area contributed by atoms with Crippen molar-refractivity contribution in [3.63, 3.8) is 0 Å². The van der Waals surface area contributed by atoms with E-state index >= 15 is 0 Å². The Balaban J connectivity index is 1.55. The van der Waals surface area contributed by atoms with E-state index in [0.29, 0.717) is 12.3 Å². The van der Waals surface area contributed by atoms with Crippen molar-refractivity contribution in [2.24, 2.45) is 0 Å². The first-order chi connectivity index (χ1) is 12.7. The van der Waals surface area contributed by atoms with Gasteiger partial charge in [-0.25, -0.2) is 9.88 Å². The van der Waals surface area contributed by atoms with Gasteiger partial charge in [-0.15, -0.1) is 11.3 Å². The quantitative estimate of drug-likeness (QED) is 0.619. The van der Waals surface area contributed by atoms with E-state index in [0.717, 1.165) is 20.3 Å². The molecule has 26 heavy (non-hydrogen) atoms. The minimum absolute atomic E-state index is 0.168. The molecule has 1 aromatic heterocycles. The minimum Gasteiger partial charge on any atom is -0.494 e. The zero-order chi connectivity index (χ0) is 18.1. The normalized spacial score (nSPS) is 17.3. The molecular formula is C19H16N2O3S2. The van der Waals surface area contributed by atoms with Crippen molar-refractivity contribution in [3.05, 3.63) is 48.5 Å². The Hall–Kier alpha value is -2.38. The van der Waals surface area contributed by atoms with Gasteiger partial charge < -0.3 is 4.74 Å². The molecule has 0 spiro atoms. The van der Waals surface area contributed by atoms with Crippen LogP contribution in [-0.2, 0) is 9.59 Å². The Morgan fingerprint density at radius 1 is 1.23 bits per heavy atom. The molecule has 1 fully saturated rings. The first kappa shape index (κ1) is 17.1. The van der Waals surface area contributed by atoms with Crippen LogP contribution in [0.3, 0.4) is 0 Å². The number of amides is 2. The predicted octanol–water partition coefficient (Wildman–Crippen LogP) is 4.12. The Morgan fingerprint density at radius 2 is 2.04 bits per heavy atom. The lowest BCUT2D eigenvalue weighted by Gasteiger charge is -2.14. The largest absolute Gasteiger partial charge is 0.494 e. The summed E-state index contributed by atoms with van der Waals surface area (Å²) < 4.78 is 7.31. The lowest BCUT2D eigenvalue weighted by Crippen LogP contribution is -2.30. The van der Waals surface area contributed by atoms with Gasteiger partial charge in [-0.05, 0) is 37.3 Å². The highest BCUT2D eigenvalue weighted by molar-refractivity contribution is 8.02. The molecule has 0 N–H and O–H groups in total. The molecule has 7 heteroatoms. The van der Waals surface area contributed by atoms with Crippen LogP contribution >= 0.6 is 23.1 Å². The predicted molar refractivity (Wildman–Crippen MR) is 104 cm³/mol. The third kappa shape index (κ3) is 3.20. The summed E-state index contributed by atoms with van der Waals surface area (Å²) in [5, 5.41) is -0.436.